The van der Waals surface area contributed by atoms with Crippen LogP contribution < -0.4 is 25.4 Å². The maximum atomic E-state index is 14.4. The van der Waals surface area contributed by atoms with Crippen molar-refractivity contribution in [3.8, 4) is 28.0 Å². The van der Waals surface area contributed by atoms with E-state index in [-0.39, 0.29) is 72.6 Å². The number of aromatic nitrogens is 1. The number of hydrogen-bond donors (Lipinski definition) is 4. The number of nitrogens with zero attached hydrogens (tertiary/aromatic N) is 5. The third kappa shape index (κ3) is 13.3. The van der Waals surface area contributed by atoms with Gasteiger partial charge in [-0.3, -0.25) is 29.0 Å². The van der Waals surface area contributed by atoms with E-state index in [1.54, 1.807) is 41.7 Å². The summed E-state index contributed by atoms with van der Waals surface area (Å²) in [7, 11) is 0. The van der Waals surface area contributed by atoms with Gasteiger partial charge < -0.3 is 40.2 Å². The number of aryl methyl sites for hydroxylation is 1. The molecule has 0 spiro atoms. The largest absolute Gasteiger partial charge is 0.492 e. The van der Waals surface area contributed by atoms with Gasteiger partial charge in [-0.25, -0.2) is 4.98 Å². The van der Waals surface area contributed by atoms with Crippen molar-refractivity contribution in [2.75, 3.05) is 52.5 Å². The summed E-state index contributed by atoms with van der Waals surface area (Å²) in [4.78, 5) is 67.1. The summed E-state index contributed by atoms with van der Waals surface area (Å²) >= 11 is 7.85. The Hall–Kier alpha value is -5.61. The second-order valence-electron chi connectivity index (χ2n) is 23.6. The standard InChI is InChI=1S/C59H77ClN8O8S/c1-36(38-14-16-39(17-15-38)50-37(2)62-35-77-50)63-53(72)47-30-42(69)33-68(47)54(73)51(57(3,4)5)64-49(70)34-75-48-13-11-10-12-46(48)67-26-24-66(25-27-67)28-29-74-43-21-18-40(19-22-43)52(71)65-55-58(6,7)56(59(55,8)9)76-44-23-20-41(32-61)45(60)31-44/h14-23,31,35-36,42,46-48,51,55-56,69H,10-13,24-30,33-34H2,1-9H3,(H,63,72)(H,64,70)(H,65,71)/t36-,42+,46+,47?,48+,51+,55?,56?/m0/s1. The molecule has 4 aliphatic rings. The number of benzene rings is 3. The zero-order valence-corrected chi connectivity index (χ0v) is 47.6. The van der Waals surface area contributed by atoms with Gasteiger partial charge in [0.1, 0.15) is 49.0 Å². The fraction of sp³-hybridized carbons (Fsp3) is 0.559. The van der Waals surface area contributed by atoms with Crippen LogP contribution >= 0.6 is 22.9 Å². The lowest BCUT2D eigenvalue weighted by molar-refractivity contribution is -0.164. The van der Waals surface area contributed by atoms with E-state index in [1.807, 2.05) is 76.5 Å². The number of rotatable bonds is 18. The van der Waals surface area contributed by atoms with Crippen molar-refractivity contribution < 1.29 is 38.5 Å². The Labute approximate surface area is 463 Å². The number of nitrogens with one attached hydrogen (secondary N) is 3. The van der Waals surface area contributed by atoms with Crippen LogP contribution in [0.4, 0.5) is 0 Å². The van der Waals surface area contributed by atoms with Crippen molar-refractivity contribution >= 4 is 46.6 Å². The lowest BCUT2D eigenvalue weighted by Gasteiger charge is -2.63. The van der Waals surface area contributed by atoms with Crippen molar-refractivity contribution in [1.82, 2.24) is 35.6 Å². The van der Waals surface area contributed by atoms with Crippen molar-refractivity contribution in [1.29, 1.82) is 5.26 Å². The molecule has 0 bridgehead atoms. The number of carbonyl (C=O) groups is 4. The molecule has 2 aliphatic heterocycles. The number of aliphatic hydroxyl groups excluding tert-OH is 1. The molecule has 2 aliphatic carbocycles. The Balaban J connectivity index is 0.764. The third-order valence-corrected chi connectivity index (χ3v) is 17.5. The summed E-state index contributed by atoms with van der Waals surface area (Å²) in [5.41, 5.74) is 4.22. The number of nitriles is 1. The molecule has 16 nitrogen and oxygen atoms in total. The lowest BCUT2D eigenvalue weighted by Crippen LogP contribution is -2.74. The predicted octanol–water partition coefficient (Wildman–Crippen LogP) is 7.95. The van der Waals surface area contributed by atoms with E-state index in [9.17, 15) is 29.5 Å². The van der Waals surface area contributed by atoms with Crippen LogP contribution in [0.15, 0.2) is 72.2 Å². The normalized spacial score (nSPS) is 24.2. The maximum absolute atomic E-state index is 14.4. The maximum Gasteiger partial charge on any atom is 0.251 e. The van der Waals surface area contributed by atoms with Crippen LogP contribution in [0.3, 0.4) is 0 Å². The molecule has 6 atom stereocenters. The Morgan fingerprint density at radius 1 is 0.935 bits per heavy atom. The summed E-state index contributed by atoms with van der Waals surface area (Å²) in [6.45, 7) is 22.3. The number of carbonyl (C=O) groups excluding carboxylic acids is 4. The van der Waals surface area contributed by atoms with E-state index in [4.69, 9.17) is 25.8 Å². The number of amides is 4. The zero-order chi connectivity index (χ0) is 55.4. The predicted molar refractivity (Wildman–Crippen MR) is 298 cm³/mol. The molecule has 4 fully saturated rings. The highest BCUT2D eigenvalue weighted by molar-refractivity contribution is 7.13. The number of β-amino-alcohol motifs (C(OH)–C–C–N with tert-alkyl or cyclic N) is 1. The minimum Gasteiger partial charge on any atom is -0.492 e. The fourth-order valence-electron chi connectivity index (χ4n) is 12.2. The minimum atomic E-state index is -0.956. The van der Waals surface area contributed by atoms with Gasteiger partial charge in [-0.15, -0.1) is 11.3 Å². The first kappa shape index (κ1) is 57.6. The van der Waals surface area contributed by atoms with Crippen molar-refractivity contribution in [2.45, 2.75) is 143 Å². The van der Waals surface area contributed by atoms with Gasteiger partial charge in [0.2, 0.25) is 17.7 Å². The molecule has 0 radical (unpaired) electrons. The van der Waals surface area contributed by atoms with Gasteiger partial charge in [-0.05, 0) is 79.6 Å². The Kier molecular flexibility index (Phi) is 18.1. The Morgan fingerprint density at radius 2 is 1.61 bits per heavy atom. The molecule has 77 heavy (non-hydrogen) atoms. The number of likely N-dealkylation sites (tertiary alicyclic amines) is 1. The van der Waals surface area contributed by atoms with Crippen molar-refractivity contribution in [3.05, 3.63) is 99.6 Å². The number of hydrogen-bond acceptors (Lipinski definition) is 13. The molecule has 2 saturated carbocycles. The monoisotopic (exact) mass is 1090 g/mol. The highest BCUT2D eigenvalue weighted by atomic mass is 35.5. The average Bonchev–Trinajstić information content (AvgIpc) is 4.04. The second kappa shape index (κ2) is 24.2. The number of thiazole rings is 1. The topological polar surface area (TPSA) is 199 Å². The van der Waals surface area contributed by atoms with Gasteiger partial charge in [0.05, 0.1) is 44.9 Å². The van der Waals surface area contributed by atoms with Gasteiger partial charge in [0.25, 0.3) is 5.91 Å². The lowest BCUT2D eigenvalue weighted by atomic mass is 9.49. The first-order valence-corrected chi connectivity index (χ1v) is 28.4. The molecule has 3 aromatic carbocycles. The molecule has 8 rings (SSSR count). The highest BCUT2D eigenvalue weighted by Gasteiger charge is 2.64. The number of halogens is 1. The van der Waals surface area contributed by atoms with E-state index in [0.717, 1.165) is 80.1 Å². The molecular formula is C59H77ClN8O8S. The molecule has 4 N–H and O–H groups in total. The molecule has 1 aromatic heterocycles. The quantitative estimate of drug-likeness (QED) is 0.0752. The fourth-order valence-corrected chi connectivity index (χ4v) is 13.2. The number of ether oxygens (including phenoxy) is 3. The van der Waals surface area contributed by atoms with Crippen LogP contribution in [0.1, 0.15) is 121 Å². The summed E-state index contributed by atoms with van der Waals surface area (Å²) < 4.78 is 18.9. The van der Waals surface area contributed by atoms with Crippen LogP contribution in [-0.2, 0) is 19.1 Å². The number of piperazine rings is 1. The summed E-state index contributed by atoms with van der Waals surface area (Å²) in [6, 6.07) is 20.2. The summed E-state index contributed by atoms with van der Waals surface area (Å²) in [5.74, 6) is -0.0578. The second-order valence-corrected chi connectivity index (χ2v) is 24.9. The summed E-state index contributed by atoms with van der Waals surface area (Å²) in [5, 5.41) is 29.7. The van der Waals surface area contributed by atoms with Crippen LogP contribution in [0, 0.1) is 34.5 Å². The van der Waals surface area contributed by atoms with Gasteiger partial charge in [0.15, 0.2) is 0 Å². The molecule has 4 amide bonds. The van der Waals surface area contributed by atoms with Crippen molar-refractivity contribution in [2.24, 2.45) is 16.2 Å². The van der Waals surface area contributed by atoms with Gasteiger partial charge in [-0.1, -0.05) is 97.2 Å². The van der Waals surface area contributed by atoms with E-state index in [1.165, 1.54) is 4.90 Å². The molecule has 414 valence electrons. The van der Waals surface area contributed by atoms with Crippen LogP contribution in [0.2, 0.25) is 5.02 Å². The highest BCUT2D eigenvalue weighted by Crippen LogP contribution is 2.55. The molecule has 2 saturated heterocycles. The van der Waals surface area contributed by atoms with E-state index in [0.29, 0.717) is 34.3 Å². The third-order valence-electron chi connectivity index (χ3n) is 16.3. The van der Waals surface area contributed by atoms with Crippen LogP contribution in [0.5, 0.6) is 11.5 Å². The summed E-state index contributed by atoms with van der Waals surface area (Å²) in [6.07, 6.45) is 2.80. The van der Waals surface area contributed by atoms with Gasteiger partial charge in [-0.2, -0.15) is 5.26 Å². The molecule has 3 heterocycles. The van der Waals surface area contributed by atoms with Crippen molar-refractivity contribution in [3.63, 3.8) is 0 Å². The van der Waals surface area contributed by atoms with E-state index < -0.39 is 35.4 Å². The Morgan fingerprint density at radius 3 is 2.25 bits per heavy atom. The smallest absolute Gasteiger partial charge is 0.251 e. The van der Waals surface area contributed by atoms with Crippen LogP contribution in [-0.4, -0.2) is 143 Å². The molecular weight excluding hydrogens is 1020 g/mol. The molecule has 18 heteroatoms. The Bertz CT molecular complexity index is 2750. The molecule has 1 unspecified atom stereocenters. The average molecular weight is 1090 g/mol. The van der Waals surface area contributed by atoms with E-state index in [2.05, 4.69) is 64.5 Å². The minimum absolute atomic E-state index is 0.00831. The van der Waals surface area contributed by atoms with Gasteiger partial charge >= 0.3 is 0 Å². The van der Waals surface area contributed by atoms with E-state index >= 15 is 0 Å². The zero-order valence-electron chi connectivity index (χ0n) is 46.1. The first-order chi connectivity index (χ1) is 36.5. The number of aliphatic hydroxyl groups is 1. The van der Waals surface area contributed by atoms with Gasteiger partial charge in [0, 0.05) is 80.2 Å². The SMILES string of the molecule is Cc1ncsc1-c1ccc([C@H](C)NC(=O)C2C[C@@H](O)CN2C(=O)[C@@H](NC(=O)CO[C@@H]2CCCC[C@H]2N2CCN(CCOc3ccc(C(=O)NC4C(C)(C)C(Oc5ccc(C#N)c(Cl)c5)C4(C)C)cc3)CC2)C(C)(C)C)cc1. The van der Waals surface area contributed by atoms with Crippen LogP contribution in [0.25, 0.3) is 10.4 Å². The first-order valence-electron chi connectivity index (χ1n) is 27.1. The molecule has 4 aromatic rings.